The van der Waals surface area contributed by atoms with Crippen molar-refractivity contribution in [2.24, 2.45) is 10.7 Å². The lowest BCUT2D eigenvalue weighted by Gasteiger charge is -2.27. The molecular weight excluding hydrogens is 210 g/mol. The third-order valence-electron chi connectivity index (χ3n) is 2.03. The Bertz CT molecular complexity index is 244. The highest BCUT2D eigenvalue weighted by atomic mass is 32.2. The second kappa shape index (κ2) is 7.43. The minimum Gasteiger partial charge on any atom is -0.378 e. The van der Waals surface area contributed by atoms with Crippen molar-refractivity contribution in [1.82, 2.24) is 4.90 Å². The van der Waals surface area contributed by atoms with Crippen LogP contribution in [-0.2, 0) is 4.74 Å². The first-order chi connectivity index (χ1) is 7.34. The number of guanidine groups is 1. The first-order valence-electron chi connectivity index (χ1n) is 4.98. The zero-order valence-corrected chi connectivity index (χ0v) is 9.63. The Hall–Kier alpha value is -0.860. The number of rotatable bonds is 4. The van der Waals surface area contributed by atoms with E-state index in [0.29, 0.717) is 5.96 Å². The van der Waals surface area contributed by atoms with Crippen LogP contribution in [0, 0.1) is 12.3 Å². The SMILES string of the molecule is C#CCSCCN=C(N)N1CCOCC1. The van der Waals surface area contributed by atoms with E-state index in [4.69, 9.17) is 16.9 Å². The highest BCUT2D eigenvalue weighted by Crippen LogP contribution is 1.99. The molecule has 0 radical (unpaired) electrons. The first kappa shape index (κ1) is 12.2. The molecule has 0 aromatic carbocycles. The Kier molecular flexibility index (Phi) is 6.05. The van der Waals surface area contributed by atoms with Gasteiger partial charge in [-0.15, -0.1) is 18.2 Å². The third kappa shape index (κ3) is 4.96. The van der Waals surface area contributed by atoms with Crippen molar-refractivity contribution < 1.29 is 4.74 Å². The van der Waals surface area contributed by atoms with Gasteiger partial charge in [0, 0.05) is 18.8 Å². The number of hydrogen-bond acceptors (Lipinski definition) is 3. The Labute approximate surface area is 95.2 Å². The van der Waals surface area contributed by atoms with Crippen LogP contribution >= 0.6 is 11.8 Å². The van der Waals surface area contributed by atoms with Crippen molar-refractivity contribution in [1.29, 1.82) is 0 Å². The van der Waals surface area contributed by atoms with Crippen molar-refractivity contribution in [3.05, 3.63) is 0 Å². The van der Waals surface area contributed by atoms with Crippen molar-refractivity contribution in [3.63, 3.8) is 0 Å². The summed E-state index contributed by atoms with van der Waals surface area (Å²) in [5.41, 5.74) is 5.83. The second-order valence-corrected chi connectivity index (χ2v) is 4.20. The maximum Gasteiger partial charge on any atom is 0.191 e. The molecule has 0 amide bonds. The summed E-state index contributed by atoms with van der Waals surface area (Å²) in [5, 5.41) is 0. The van der Waals surface area contributed by atoms with Crippen LogP contribution in [0.15, 0.2) is 4.99 Å². The van der Waals surface area contributed by atoms with Gasteiger partial charge in [-0.1, -0.05) is 5.92 Å². The van der Waals surface area contributed by atoms with Gasteiger partial charge in [0.15, 0.2) is 5.96 Å². The smallest absolute Gasteiger partial charge is 0.191 e. The molecule has 1 fully saturated rings. The molecule has 0 unspecified atom stereocenters. The lowest BCUT2D eigenvalue weighted by Crippen LogP contribution is -2.44. The number of hydrogen-bond donors (Lipinski definition) is 1. The van der Waals surface area contributed by atoms with Gasteiger partial charge in [0.2, 0.25) is 0 Å². The average molecular weight is 227 g/mol. The zero-order valence-electron chi connectivity index (χ0n) is 8.82. The lowest BCUT2D eigenvalue weighted by molar-refractivity contribution is 0.0674. The maximum absolute atomic E-state index is 5.83. The van der Waals surface area contributed by atoms with E-state index in [-0.39, 0.29) is 0 Å². The Balaban J connectivity index is 2.17. The van der Waals surface area contributed by atoms with Crippen molar-refractivity contribution in [2.75, 3.05) is 44.4 Å². The Morgan fingerprint density at radius 3 is 2.93 bits per heavy atom. The van der Waals surface area contributed by atoms with Gasteiger partial charge in [-0.2, -0.15) is 0 Å². The summed E-state index contributed by atoms with van der Waals surface area (Å²) in [4.78, 5) is 6.35. The average Bonchev–Trinajstić information content (AvgIpc) is 2.30. The van der Waals surface area contributed by atoms with Gasteiger partial charge in [0.25, 0.3) is 0 Å². The topological polar surface area (TPSA) is 50.8 Å². The molecule has 0 aromatic heterocycles. The molecule has 1 rings (SSSR count). The van der Waals surface area contributed by atoms with Gasteiger partial charge >= 0.3 is 0 Å². The fourth-order valence-electron chi connectivity index (χ4n) is 1.25. The minimum atomic E-state index is 0.625. The van der Waals surface area contributed by atoms with Gasteiger partial charge in [0.1, 0.15) is 0 Å². The summed E-state index contributed by atoms with van der Waals surface area (Å²) in [6, 6.07) is 0. The molecule has 1 aliphatic rings. The van der Waals surface area contributed by atoms with E-state index in [0.717, 1.165) is 44.4 Å². The van der Waals surface area contributed by atoms with Crippen molar-refractivity contribution in [2.45, 2.75) is 0 Å². The number of morpholine rings is 1. The minimum absolute atomic E-state index is 0.625. The van der Waals surface area contributed by atoms with E-state index in [1.807, 2.05) is 0 Å². The molecule has 0 spiro atoms. The number of ether oxygens (including phenoxy) is 1. The van der Waals surface area contributed by atoms with E-state index in [9.17, 15) is 0 Å². The van der Waals surface area contributed by atoms with Gasteiger partial charge in [-0.05, 0) is 0 Å². The van der Waals surface area contributed by atoms with Crippen LogP contribution in [0.4, 0.5) is 0 Å². The number of nitrogens with two attached hydrogens (primary N) is 1. The molecule has 1 heterocycles. The number of terminal acetylenes is 1. The molecule has 0 bridgehead atoms. The normalized spacial score (nSPS) is 17.5. The highest BCUT2D eigenvalue weighted by Gasteiger charge is 2.11. The maximum atomic E-state index is 5.83. The summed E-state index contributed by atoms with van der Waals surface area (Å²) < 4.78 is 5.23. The molecule has 0 atom stereocenters. The van der Waals surface area contributed by atoms with Crippen molar-refractivity contribution >= 4 is 17.7 Å². The van der Waals surface area contributed by atoms with Gasteiger partial charge in [-0.3, -0.25) is 4.99 Å². The molecule has 0 saturated carbocycles. The largest absolute Gasteiger partial charge is 0.378 e. The van der Waals surface area contributed by atoms with E-state index in [1.165, 1.54) is 0 Å². The van der Waals surface area contributed by atoms with Gasteiger partial charge < -0.3 is 15.4 Å². The lowest BCUT2D eigenvalue weighted by atomic mass is 10.4. The Morgan fingerprint density at radius 2 is 2.27 bits per heavy atom. The van der Waals surface area contributed by atoms with E-state index in [1.54, 1.807) is 11.8 Å². The summed E-state index contributed by atoms with van der Waals surface area (Å²) in [6.45, 7) is 3.89. The van der Waals surface area contributed by atoms with Crippen LogP contribution in [0.3, 0.4) is 0 Å². The molecule has 15 heavy (non-hydrogen) atoms. The van der Waals surface area contributed by atoms with E-state index < -0.39 is 0 Å². The molecule has 2 N–H and O–H groups in total. The van der Waals surface area contributed by atoms with Crippen molar-refractivity contribution in [3.8, 4) is 12.3 Å². The van der Waals surface area contributed by atoms with Crippen LogP contribution in [0.5, 0.6) is 0 Å². The number of aliphatic imine (C=N–C) groups is 1. The molecular formula is C10H17N3OS. The number of thioether (sulfide) groups is 1. The third-order valence-corrected chi connectivity index (χ3v) is 2.87. The molecule has 1 aliphatic heterocycles. The fourth-order valence-corrected chi connectivity index (χ4v) is 1.73. The predicted octanol–water partition coefficient (Wildman–Crippen LogP) is -0.000300. The standard InChI is InChI=1S/C10H17N3OS/c1-2-8-15-9-3-12-10(11)13-4-6-14-7-5-13/h1H,3-9H2,(H2,11,12). The Morgan fingerprint density at radius 1 is 1.53 bits per heavy atom. The second-order valence-electron chi connectivity index (χ2n) is 3.10. The van der Waals surface area contributed by atoms with Gasteiger partial charge in [0.05, 0.1) is 25.5 Å². The van der Waals surface area contributed by atoms with Crippen LogP contribution in [0.1, 0.15) is 0 Å². The molecule has 0 aromatic rings. The molecule has 0 aliphatic carbocycles. The van der Waals surface area contributed by atoms with Crippen LogP contribution in [-0.4, -0.2) is 55.2 Å². The molecule has 1 saturated heterocycles. The van der Waals surface area contributed by atoms with E-state index >= 15 is 0 Å². The molecule has 5 heteroatoms. The fraction of sp³-hybridized carbons (Fsp3) is 0.700. The summed E-state index contributed by atoms with van der Waals surface area (Å²) >= 11 is 1.70. The quantitative estimate of drug-likeness (QED) is 0.318. The summed E-state index contributed by atoms with van der Waals surface area (Å²) in [6.07, 6.45) is 5.13. The molecule has 4 nitrogen and oxygen atoms in total. The summed E-state index contributed by atoms with van der Waals surface area (Å²) in [7, 11) is 0. The summed E-state index contributed by atoms with van der Waals surface area (Å²) in [5.74, 6) is 4.87. The monoisotopic (exact) mass is 227 g/mol. The zero-order chi connectivity index (χ0) is 10.9. The van der Waals surface area contributed by atoms with E-state index in [2.05, 4.69) is 15.8 Å². The highest BCUT2D eigenvalue weighted by molar-refractivity contribution is 7.99. The van der Waals surface area contributed by atoms with Crippen LogP contribution < -0.4 is 5.73 Å². The first-order valence-corrected chi connectivity index (χ1v) is 6.14. The van der Waals surface area contributed by atoms with Gasteiger partial charge in [-0.25, -0.2) is 0 Å². The van der Waals surface area contributed by atoms with Crippen LogP contribution in [0.25, 0.3) is 0 Å². The number of nitrogens with zero attached hydrogens (tertiary/aromatic N) is 2. The predicted molar refractivity (Wildman–Crippen MR) is 65.0 cm³/mol. The van der Waals surface area contributed by atoms with Crippen LogP contribution in [0.2, 0.25) is 0 Å². The molecule has 84 valence electrons.